The molecule has 0 spiro atoms. The molecule has 6 heteroatoms. The fraction of sp³-hybridized carbons (Fsp3) is 0.429. The van der Waals surface area contributed by atoms with Crippen LogP contribution in [0, 0.1) is 0 Å². The number of amides is 1. The van der Waals surface area contributed by atoms with Crippen LogP contribution in [0.2, 0.25) is 0 Å². The molecule has 0 radical (unpaired) electrons. The minimum Gasteiger partial charge on any atom is -0.372 e. The van der Waals surface area contributed by atoms with Gasteiger partial charge in [0.05, 0.1) is 0 Å². The first kappa shape index (κ1) is 19.2. The molecule has 1 amide bonds. The van der Waals surface area contributed by atoms with Crippen molar-refractivity contribution < 1.29 is 4.79 Å². The number of carbonyl (C=O) groups excluding carboxylic acids is 1. The van der Waals surface area contributed by atoms with Crippen LogP contribution in [-0.4, -0.2) is 56.1 Å². The van der Waals surface area contributed by atoms with Gasteiger partial charge in [-0.25, -0.2) is 4.98 Å². The number of likely N-dealkylation sites (N-methyl/N-ethyl adjacent to an activating group) is 1. The summed E-state index contributed by atoms with van der Waals surface area (Å²) in [5, 5.41) is 6.21. The predicted molar refractivity (Wildman–Crippen MR) is 111 cm³/mol. The lowest BCUT2D eigenvalue weighted by Crippen LogP contribution is -2.31. The van der Waals surface area contributed by atoms with Crippen molar-refractivity contribution in [1.82, 2.24) is 15.2 Å². The van der Waals surface area contributed by atoms with Crippen LogP contribution in [0.4, 0.5) is 17.2 Å². The molecule has 1 saturated heterocycles. The number of hydrogen-bond donors (Lipinski definition) is 2. The van der Waals surface area contributed by atoms with E-state index in [2.05, 4.69) is 44.8 Å². The van der Waals surface area contributed by atoms with Gasteiger partial charge in [0.2, 0.25) is 0 Å². The Hall–Kier alpha value is -2.60. The Bertz CT molecular complexity index is 738. The van der Waals surface area contributed by atoms with Crippen molar-refractivity contribution in [2.45, 2.75) is 19.3 Å². The van der Waals surface area contributed by atoms with Gasteiger partial charge < -0.3 is 20.4 Å². The van der Waals surface area contributed by atoms with Gasteiger partial charge in [-0.3, -0.25) is 4.79 Å². The van der Waals surface area contributed by atoms with Crippen LogP contribution in [-0.2, 0) is 0 Å². The van der Waals surface area contributed by atoms with Crippen LogP contribution >= 0.6 is 0 Å². The monoisotopic (exact) mass is 367 g/mol. The summed E-state index contributed by atoms with van der Waals surface area (Å²) in [7, 11) is 3.97. The van der Waals surface area contributed by atoms with Gasteiger partial charge in [0.25, 0.3) is 5.91 Å². The summed E-state index contributed by atoms with van der Waals surface area (Å²) in [4.78, 5) is 21.1. The van der Waals surface area contributed by atoms with Crippen molar-refractivity contribution in [3.63, 3.8) is 0 Å². The van der Waals surface area contributed by atoms with E-state index in [0.29, 0.717) is 17.9 Å². The number of piperidine rings is 1. The van der Waals surface area contributed by atoms with Gasteiger partial charge in [-0.05, 0) is 69.8 Å². The fourth-order valence-electron chi connectivity index (χ4n) is 3.19. The third kappa shape index (κ3) is 5.69. The molecule has 27 heavy (non-hydrogen) atoms. The number of aromatic nitrogens is 1. The summed E-state index contributed by atoms with van der Waals surface area (Å²) >= 11 is 0. The third-order valence-corrected chi connectivity index (χ3v) is 4.73. The fourth-order valence-corrected chi connectivity index (χ4v) is 3.19. The summed E-state index contributed by atoms with van der Waals surface area (Å²) in [5.74, 6) is 0.587. The first-order chi connectivity index (χ1) is 13.1. The first-order valence-corrected chi connectivity index (χ1v) is 9.63. The number of hydrogen-bond acceptors (Lipinski definition) is 5. The zero-order valence-electron chi connectivity index (χ0n) is 16.2. The standard InChI is InChI=1S/C21H29N5O/c1-25(2)15-12-23-21(27)17-10-11-22-20(16-17)24-18-6-8-19(9-7-18)26-13-4-3-5-14-26/h6-11,16H,3-5,12-15H2,1-2H3,(H,22,24)(H,23,27). The van der Waals surface area contributed by atoms with Crippen LogP contribution in [0.25, 0.3) is 0 Å². The molecule has 3 rings (SSSR count). The van der Waals surface area contributed by atoms with Gasteiger partial charge in [-0.2, -0.15) is 0 Å². The smallest absolute Gasteiger partial charge is 0.251 e. The van der Waals surface area contributed by atoms with Crippen LogP contribution in [0.1, 0.15) is 29.6 Å². The van der Waals surface area contributed by atoms with Crippen molar-refractivity contribution in [2.75, 3.05) is 50.5 Å². The van der Waals surface area contributed by atoms with Crippen LogP contribution in [0.3, 0.4) is 0 Å². The SMILES string of the molecule is CN(C)CCNC(=O)c1ccnc(Nc2ccc(N3CCCCC3)cc2)c1. The number of carbonyl (C=O) groups is 1. The Morgan fingerprint density at radius 2 is 1.85 bits per heavy atom. The molecule has 1 aliphatic rings. The van der Waals surface area contributed by atoms with Gasteiger partial charge in [0.15, 0.2) is 0 Å². The van der Waals surface area contributed by atoms with E-state index in [1.807, 2.05) is 19.0 Å². The molecule has 1 aromatic heterocycles. The molecule has 0 bridgehead atoms. The Labute approximate surface area is 161 Å². The number of benzene rings is 1. The average molecular weight is 367 g/mol. The number of pyridine rings is 1. The lowest BCUT2D eigenvalue weighted by molar-refractivity contribution is 0.0951. The highest BCUT2D eigenvalue weighted by molar-refractivity contribution is 5.94. The van der Waals surface area contributed by atoms with Crippen molar-refractivity contribution in [2.24, 2.45) is 0 Å². The maximum absolute atomic E-state index is 12.3. The summed E-state index contributed by atoms with van der Waals surface area (Å²) in [6.07, 6.45) is 5.53. The highest BCUT2D eigenvalue weighted by Gasteiger charge is 2.11. The topological polar surface area (TPSA) is 60.5 Å². The van der Waals surface area contributed by atoms with Gasteiger partial charge in [0.1, 0.15) is 5.82 Å². The molecule has 144 valence electrons. The number of rotatable bonds is 7. The van der Waals surface area contributed by atoms with E-state index in [4.69, 9.17) is 0 Å². The highest BCUT2D eigenvalue weighted by Crippen LogP contribution is 2.23. The molecule has 2 heterocycles. The maximum Gasteiger partial charge on any atom is 0.251 e. The third-order valence-electron chi connectivity index (χ3n) is 4.73. The molecule has 0 saturated carbocycles. The number of nitrogens with one attached hydrogen (secondary N) is 2. The van der Waals surface area contributed by atoms with E-state index in [0.717, 1.165) is 25.3 Å². The largest absolute Gasteiger partial charge is 0.372 e. The second kappa shape index (κ2) is 9.37. The first-order valence-electron chi connectivity index (χ1n) is 9.63. The molecule has 0 unspecified atom stereocenters. The van der Waals surface area contributed by atoms with Crippen molar-refractivity contribution in [3.8, 4) is 0 Å². The molecule has 1 aromatic carbocycles. The van der Waals surface area contributed by atoms with E-state index in [-0.39, 0.29) is 5.91 Å². The van der Waals surface area contributed by atoms with E-state index >= 15 is 0 Å². The molecular weight excluding hydrogens is 338 g/mol. The number of anilines is 3. The predicted octanol–water partition coefficient (Wildman–Crippen LogP) is 3.11. The van der Waals surface area contributed by atoms with Crippen molar-refractivity contribution >= 4 is 23.1 Å². The Morgan fingerprint density at radius 1 is 1.11 bits per heavy atom. The molecule has 1 fully saturated rings. The second-order valence-corrected chi connectivity index (χ2v) is 7.21. The Balaban J connectivity index is 1.59. The van der Waals surface area contributed by atoms with Crippen LogP contribution in [0.15, 0.2) is 42.6 Å². The zero-order valence-corrected chi connectivity index (χ0v) is 16.2. The van der Waals surface area contributed by atoms with Gasteiger partial charge in [0, 0.05) is 49.3 Å². The van der Waals surface area contributed by atoms with E-state index < -0.39 is 0 Å². The summed E-state index contributed by atoms with van der Waals surface area (Å²) < 4.78 is 0. The van der Waals surface area contributed by atoms with Crippen LogP contribution < -0.4 is 15.5 Å². The van der Waals surface area contributed by atoms with Crippen molar-refractivity contribution in [3.05, 3.63) is 48.2 Å². The Kier molecular flexibility index (Phi) is 6.65. The van der Waals surface area contributed by atoms with E-state index in [9.17, 15) is 4.79 Å². The molecule has 6 nitrogen and oxygen atoms in total. The number of nitrogens with zero attached hydrogens (tertiary/aromatic N) is 3. The lowest BCUT2D eigenvalue weighted by atomic mass is 10.1. The van der Waals surface area contributed by atoms with E-state index in [1.165, 1.54) is 24.9 Å². The van der Waals surface area contributed by atoms with Gasteiger partial charge >= 0.3 is 0 Å². The minimum absolute atomic E-state index is 0.0808. The normalized spacial score (nSPS) is 14.3. The average Bonchev–Trinajstić information content (AvgIpc) is 2.69. The molecular formula is C21H29N5O. The highest BCUT2D eigenvalue weighted by atomic mass is 16.1. The molecule has 0 atom stereocenters. The summed E-state index contributed by atoms with van der Waals surface area (Å²) in [6, 6.07) is 11.9. The minimum atomic E-state index is -0.0808. The second-order valence-electron chi connectivity index (χ2n) is 7.21. The lowest BCUT2D eigenvalue weighted by Gasteiger charge is -2.28. The molecule has 1 aliphatic heterocycles. The maximum atomic E-state index is 12.3. The Morgan fingerprint density at radius 3 is 2.56 bits per heavy atom. The molecule has 2 aromatic rings. The summed E-state index contributed by atoms with van der Waals surface area (Å²) in [6.45, 7) is 3.71. The summed E-state index contributed by atoms with van der Waals surface area (Å²) in [5.41, 5.74) is 2.84. The van der Waals surface area contributed by atoms with Gasteiger partial charge in [-0.15, -0.1) is 0 Å². The molecule has 2 N–H and O–H groups in total. The quantitative estimate of drug-likeness (QED) is 0.787. The zero-order chi connectivity index (χ0) is 19.1. The van der Waals surface area contributed by atoms with Crippen LogP contribution in [0.5, 0.6) is 0 Å². The van der Waals surface area contributed by atoms with E-state index in [1.54, 1.807) is 18.3 Å². The van der Waals surface area contributed by atoms with Gasteiger partial charge in [-0.1, -0.05) is 0 Å². The van der Waals surface area contributed by atoms with Crippen molar-refractivity contribution in [1.29, 1.82) is 0 Å². The molecule has 0 aliphatic carbocycles.